The van der Waals surface area contributed by atoms with E-state index in [1.807, 2.05) is 58.0 Å². The first-order valence-electron chi connectivity index (χ1n) is 11.6. The molecular weight excluding hydrogens is 388 g/mol. The minimum absolute atomic E-state index is 0.0959. The molecule has 1 aromatic rings. The van der Waals surface area contributed by atoms with Crippen molar-refractivity contribution in [3.8, 4) is 0 Å². The Morgan fingerprint density at radius 1 is 1.00 bits per heavy atom. The third-order valence-electron chi connectivity index (χ3n) is 5.67. The van der Waals surface area contributed by atoms with Crippen LogP contribution in [0.25, 0.3) is 6.08 Å². The molecule has 4 heteroatoms. The van der Waals surface area contributed by atoms with Gasteiger partial charge < -0.3 is 9.84 Å². The highest BCUT2D eigenvalue weighted by molar-refractivity contribution is 6.28. The van der Waals surface area contributed by atoms with E-state index in [0.717, 1.165) is 31.2 Å². The lowest BCUT2D eigenvalue weighted by Gasteiger charge is -2.39. The zero-order valence-corrected chi connectivity index (χ0v) is 19.4. The zero-order valence-electron chi connectivity index (χ0n) is 19.4. The van der Waals surface area contributed by atoms with Gasteiger partial charge in [-0.1, -0.05) is 83.4 Å². The van der Waals surface area contributed by atoms with Gasteiger partial charge in [-0.05, 0) is 37.3 Å². The van der Waals surface area contributed by atoms with Crippen LogP contribution < -0.4 is 0 Å². The second-order valence-electron chi connectivity index (χ2n) is 8.15. The number of aliphatic hydroxyl groups is 1. The molecule has 0 amide bonds. The van der Waals surface area contributed by atoms with Crippen molar-refractivity contribution < 1.29 is 19.4 Å². The van der Waals surface area contributed by atoms with E-state index in [-0.39, 0.29) is 17.1 Å². The summed E-state index contributed by atoms with van der Waals surface area (Å²) in [5.74, 6) is -0.372. The van der Waals surface area contributed by atoms with Gasteiger partial charge in [-0.3, -0.25) is 9.59 Å². The number of hydrogen-bond donors (Lipinski definition) is 1. The lowest BCUT2D eigenvalue weighted by molar-refractivity contribution is -0.129. The first kappa shape index (κ1) is 24.6. The molecule has 0 aliphatic heterocycles. The lowest BCUT2D eigenvalue weighted by atomic mass is 9.66. The summed E-state index contributed by atoms with van der Waals surface area (Å²) in [5.41, 5.74) is 0.500. The molecule has 0 fully saturated rings. The number of hydrogen-bond acceptors (Lipinski definition) is 4. The van der Waals surface area contributed by atoms with Crippen molar-refractivity contribution in [2.75, 3.05) is 6.61 Å². The molecule has 0 radical (unpaired) electrons. The van der Waals surface area contributed by atoms with Crippen LogP contribution in [0.2, 0.25) is 0 Å². The summed E-state index contributed by atoms with van der Waals surface area (Å²) in [6.45, 7) is 8.60. The van der Waals surface area contributed by atoms with Crippen LogP contribution in [0.5, 0.6) is 0 Å². The molecule has 0 aromatic heterocycles. The second-order valence-corrected chi connectivity index (χ2v) is 8.15. The van der Waals surface area contributed by atoms with Crippen LogP contribution in [0.1, 0.15) is 78.2 Å². The third-order valence-corrected chi connectivity index (χ3v) is 5.67. The van der Waals surface area contributed by atoms with Crippen molar-refractivity contribution in [2.45, 2.75) is 72.6 Å². The molecule has 0 bridgehead atoms. The van der Waals surface area contributed by atoms with Crippen LogP contribution in [0.15, 0.2) is 59.1 Å². The van der Waals surface area contributed by atoms with Gasteiger partial charge in [-0.2, -0.15) is 0 Å². The number of carbonyl (C=O) groups is 2. The Morgan fingerprint density at radius 2 is 1.65 bits per heavy atom. The molecular formula is C27H36O4. The van der Waals surface area contributed by atoms with E-state index in [1.54, 1.807) is 6.08 Å². The number of rotatable bonds is 12. The first-order chi connectivity index (χ1) is 15.0. The molecule has 1 N–H and O–H groups in total. The maximum absolute atomic E-state index is 13.8. The molecule has 168 valence electrons. The smallest absolute Gasteiger partial charge is 0.193 e. The minimum Gasteiger partial charge on any atom is -0.507 e. The Hall–Kier alpha value is -2.62. The number of ether oxygens (including phenoxy) is 1. The summed E-state index contributed by atoms with van der Waals surface area (Å²) in [5, 5.41) is 11.1. The van der Waals surface area contributed by atoms with Crippen LogP contribution >= 0.6 is 0 Å². The van der Waals surface area contributed by atoms with Crippen LogP contribution in [0.3, 0.4) is 0 Å². The van der Waals surface area contributed by atoms with Gasteiger partial charge in [0.2, 0.25) is 0 Å². The van der Waals surface area contributed by atoms with E-state index in [0.29, 0.717) is 37.2 Å². The summed E-state index contributed by atoms with van der Waals surface area (Å²) in [7, 11) is 0. The fraction of sp³-hybridized carbons (Fsp3) is 0.481. The third kappa shape index (κ3) is 5.36. The van der Waals surface area contributed by atoms with Gasteiger partial charge in [-0.15, -0.1) is 0 Å². The summed E-state index contributed by atoms with van der Waals surface area (Å²) in [6.07, 6.45) is 7.98. The average Bonchev–Trinajstić information content (AvgIpc) is 2.77. The van der Waals surface area contributed by atoms with Crippen LogP contribution in [0, 0.1) is 5.41 Å². The maximum Gasteiger partial charge on any atom is 0.193 e. The number of carbonyl (C=O) groups excluding carboxylic acids is 2. The zero-order chi connectivity index (χ0) is 22.9. The van der Waals surface area contributed by atoms with Gasteiger partial charge in [0.25, 0.3) is 0 Å². The van der Waals surface area contributed by atoms with Gasteiger partial charge >= 0.3 is 0 Å². The lowest BCUT2D eigenvalue weighted by Crippen LogP contribution is -2.41. The van der Waals surface area contributed by atoms with Gasteiger partial charge in [0.1, 0.15) is 17.1 Å². The van der Waals surface area contributed by atoms with E-state index in [9.17, 15) is 14.7 Å². The summed E-state index contributed by atoms with van der Waals surface area (Å²) in [6, 6.07) is 9.46. The highest BCUT2D eigenvalue weighted by Gasteiger charge is 2.50. The SMILES string of the molecule is CCCOC1=C(CCC)C(O)=C(C(=O)/C=C/c2ccccc2)C(=O)C1(CCC)CCC. The monoisotopic (exact) mass is 424 g/mol. The molecule has 1 aliphatic carbocycles. The Bertz CT molecular complexity index is 852. The normalized spacial score (nSPS) is 16.3. The number of ketones is 2. The Morgan fingerprint density at radius 3 is 2.19 bits per heavy atom. The van der Waals surface area contributed by atoms with Crippen molar-refractivity contribution in [1.82, 2.24) is 0 Å². The molecule has 0 unspecified atom stereocenters. The van der Waals surface area contributed by atoms with Crippen LogP contribution in [-0.4, -0.2) is 23.3 Å². The quantitative estimate of drug-likeness (QED) is 0.298. The van der Waals surface area contributed by atoms with Crippen molar-refractivity contribution in [1.29, 1.82) is 0 Å². The Balaban J connectivity index is 2.63. The standard InChI is InChI=1S/C27H36O4/c1-5-12-21-24(29)23(22(28)16-15-20-13-10-9-11-14-20)25(30)27(17-6-2,18-7-3)26(21)31-19-8-4/h9-11,13-16,29H,5-8,12,17-19H2,1-4H3/b16-15+. The van der Waals surface area contributed by atoms with E-state index >= 15 is 0 Å². The maximum atomic E-state index is 13.8. The first-order valence-corrected chi connectivity index (χ1v) is 11.6. The fourth-order valence-electron chi connectivity index (χ4n) is 4.39. The van der Waals surface area contributed by atoms with Crippen molar-refractivity contribution >= 4 is 17.6 Å². The molecule has 0 saturated heterocycles. The number of allylic oxidation sites excluding steroid dienone is 4. The van der Waals surface area contributed by atoms with Crippen LogP contribution in [-0.2, 0) is 14.3 Å². The van der Waals surface area contributed by atoms with Gasteiger partial charge in [-0.25, -0.2) is 0 Å². The molecule has 1 aromatic carbocycles. The number of Topliss-reactive ketones (excluding diaryl/α,β-unsaturated/α-hetero) is 1. The molecule has 31 heavy (non-hydrogen) atoms. The largest absolute Gasteiger partial charge is 0.507 e. The summed E-state index contributed by atoms with van der Waals surface area (Å²) in [4.78, 5) is 27.0. The highest BCUT2D eigenvalue weighted by Crippen LogP contribution is 2.48. The predicted octanol–water partition coefficient (Wildman–Crippen LogP) is 6.73. The van der Waals surface area contributed by atoms with Gasteiger partial charge in [0.15, 0.2) is 11.6 Å². The molecule has 0 heterocycles. The molecule has 0 atom stereocenters. The van der Waals surface area contributed by atoms with Crippen molar-refractivity contribution in [3.63, 3.8) is 0 Å². The highest BCUT2D eigenvalue weighted by atomic mass is 16.5. The van der Waals surface area contributed by atoms with E-state index in [2.05, 4.69) is 0 Å². The summed E-state index contributed by atoms with van der Waals surface area (Å²) < 4.78 is 6.15. The van der Waals surface area contributed by atoms with E-state index in [4.69, 9.17) is 4.74 Å². The average molecular weight is 425 g/mol. The van der Waals surface area contributed by atoms with Crippen molar-refractivity contribution in [3.05, 3.63) is 64.6 Å². The predicted molar refractivity (Wildman–Crippen MR) is 126 cm³/mol. The number of benzene rings is 1. The molecule has 2 rings (SSSR count). The van der Waals surface area contributed by atoms with Crippen LogP contribution in [0.4, 0.5) is 0 Å². The van der Waals surface area contributed by atoms with E-state index < -0.39 is 11.2 Å². The van der Waals surface area contributed by atoms with Gasteiger partial charge in [0.05, 0.1) is 12.0 Å². The molecule has 0 spiro atoms. The minimum atomic E-state index is -0.888. The fourth-order valence-corrected chi connectivity index (χ4v) is 4.39. The Labute approximate surface area is 186 Å². The summed E-state index contributed by atoms with van der Waals surface area (Å²) >= 11 is 0. The topological polar surface area (TPSA) is 63.6 Å². The molecule has 0 saturated carbocycles. The van der Waals surface area contributed by atoms with E-state index in [1.165, 1.54) is 6.08 Å². The van der Waals surface area contributed by atoms with Crippen molar-refractivity contribution in [2.24, 2.45) is 5.41 Å². The second kappa shape index (κ2) is 11.7. The molecule has 1 aliphatic rings. The number of aliphatic hydroxyl groups excluding tert-OH is 1. The Kier molecular flexibility index (Phi) is 9.29. The van der Waals surface area contributed by atoms with Gasteiger partial charge in [0, 0.05) is 5.57 Å². The molecule has 4 nitrogen and oxygen atoms in total.